The molecule has 0 aliphatic carbocycles. The van der Waals surface area contributed by atoms with Gasteiger partial charge < -0.3 is 19.7 Å². The van der Waals surface area contributed by atoms with Gasteiger partial charge in [-0.25, -0.2) is 14.6 Å². The fraction of sp³-hybridized carbons (Fsp3) is 0.167. The van der Waals surface area contributed by atoms with E-state index in [1.165, 1.54) is 24.9 Å². The zero-order valence-corrected chi connectivity index (χ0v) is 18.4. The first-order valence-corrected chi connectivity index (χ1v) is 10.7. The van der Waals surface area contributed by atoms with Crippen molar-refractivity contribution >= 4 is 23.4 Å². The van der Waals surface area contributed by atoms with E-state index in [1.807, 2.05) is 0 Å². The second kappa shape index (κ2) is 11.0. The molecule has 0 aliphatic heterocycles. The number of hydrogen-bond donors (Lipinski definition) is 2. The van der Waals surface area contributed by atoms with Crippen LogP contribution in [0.25, 0.3) is 16.0 Å². The van der Waals surface area contributed by atoms with Crippen molar-refractivity contribution in [3.05, 3.63) is 76.6 Å². The number of nitrogens with zero attached hydrogens (tertiary/aromatic N) is 3. The van der Waals surface area contributed by atoms with Crippen LogP contribution in [0.3, 0.4) is 0 Å². The molecule has 166 valence electrons. The summed E-state index contributed by atoms with van der Waals surface area (Å²) in [6.07, 6.45) is 0. The average molecular weight is 461 g/mol. The number of rotatable bonds is 9. The molecule has 0 fully saturated rings. The summed E-state index contributed by atoms with van der Waals surface area (Å²) in [6, 6.07) is 15.5. The number of ether oxygens (including phenoxy) is 2. The monoisotopic (exact) mass is 461 g/mol. The van der Waals surface area contributed by atoms with Crippen molar-refractivity contribution in [2.75, 3.05) is 20.3 Å². The highest BCUT2D eigenvalue weighted by atomic mass is 32.2. The molecule has 1 aromatic heterocycles. The van der Waals surface area contributed by atoms with Crippen molar-refractivity contribution in [2.45, 2.75) is 10.8 Å². The number of benzene rings is 2. The summed E-state index contributed by atoms with van der Waals surface area (Å²) in [5.41, 5.74) is 2.29. The van der Waals surface area contributed by atoms with Gasteiger partial charge in [-0.05, 0) is 35.4 Å². The second-order valence-electron chi connectivity index (χ2n) is 6.64. The molecule has 2 N–H and O–H groups in total. The van der Waals surface area contributed by atoms with E-state index in [2.05, 4.69) is 15.9 Å². The highest BCUT2D eigenvalue weighted by molar-refractivity contribution is 7.98. The first-order valence-electron chi connectivity index (χ1n) is 9.71. The van der Waals surface area contributed by atoms with E-state index in [-0.39, 0.29) is 35.9 Å². The molecule has 1 heterocycles. The molecule has 0 saturated heterocycles. The molecule has 0 aliphatic rings. The number of aliphatic hydroxyl groups excluding tert-OH is 1. The normalized spacial score (nSPS) is 10.2. The van der Waals surface area contributed by atoms with Gasteiger partial charge in [-0.2, -0.15) is 5.26 Å². The van der Waals surface area contributed by atoms with E-state index in [4.69, 9.17) is 21.2 Å². The maximum Gasteiger partial charge on any atom is 0.335 e. The topological polar surface area (TPSA) is 117 Å². The number of pyridine rings is 1. The van der Waals surface area contributed by atoms with Crippen LogP contribution >= 0.6 is 11.8 Å². The Hall–Kier alpha value is -4.05. The number of nitriles is 1. The molecule has 8 nitrogen and oxygen atoms in total. The molecule has 9 heteroatoms. The van der Waals surface area contributed by atoms with Crippen LogP contribution in [0.15, 0.2) is 53.6 Å². The fourth-order valence-electron chi connectivity index (χ4n) is 3.10. The molecule has 0 bridgehead atoms. The summed E-state index contributed by atoms with van der Waals surface area (Å²) in [5.74, 6) is -0.00285. The molecular formula is C24H19N3O5S. The first kappa shape index (κ1) is 23.6. The second-order valence-corrected chi connectivity index (χ2v) is 7.60. The Balaban J connectivity index is 2.04. The maximum absolute atomic E-state index is 11.2. The Labute approximate surface area is 194 Å². The lowest BCUT2D eigenvalue weighted by Crippen LogP contribution is -2.01. The van der Waals surface area contributed by atoms with Crippen LogP contribution in [0.1, 0.15) is 21.5 Å². The quantitative estimate of drug-likeness (QED) is 0.352. The molecule has 3 aromatic rings. The summed E-state index contributed by atoms with van der Waals surface area (Å²) < 4.78 is 10.7. The minimum atomic E-state index is -1.02. The number of carboxylic acid groups (broad SMARTS) is 1. The lowest BCUT2D eigenvalue weighted by Gasteiger charge is -2.15. The summed E-state index contributed by atoms with van der Waals surface area (Å²) in [5, 5.41) is 28.4. The van der Waals surface area contributed by atoms with Gasteiger partial charge in [0.2, 0.25) is 5.88 Å². The van der Waals surface area contributed by atoms with E-state index >= 15 is 0 Å². The van der Waals surface area contributed by atoms with Gasteiger partial charge in [0.05, 0.1) is 31.4 Å². The van der Waals surface area contributed by atoms with Crippen molar-refractivity contribution in [3.8, 4) is 28.8 Å². The zero-order valence-electron chi connectivity index (χ0n) is 17.6. The number of aliphatic hydroxyl groups is 1. The smallest absolute Gasteiger partial charge is 0.335 e. The first-order chi connectivity index (χ1) is 16.0. The van der Waals surface area contributed by atoms with Gasteiger partial charge in [0.25, 0.3) is 5.69 Å². The van der Waals surface area contributed by atoms with E-state index in [1.54, 1.807) is 42.5 Å². The van der Waals surface area contributed by atoms with Crippen LogP contribution in [-0.2, 0) is 5.75 Å². The minimum absolute atomic E-state index is 0.0985. The van der Waals surface area contributed by atoms with Crippen LogP contribution in [0.5, 0.6) is 11.6 Å². The zero-order chi connectivity index (χ0) is 23.8. The van der Waals surface area contributed by atoms with Gasteiger partial charge >= 0.3 is 5.97 Å². The van der Waals surface area contributed by atoms with Gasteiger partial charge in [-0.1, -0.05) is 24.3 Å². The standard InChI is InChI=1S/C24H19N3O5S/c1-26-21-20(16-6-8-18(9-7-16)32-11-10-28)19(13-25)23(27-22(21)31-2)33-14-15-4-3-5-17(12-15)24(29)30/h3-9,12,28H,10-11,14H2,2H3,(H,29,30). The van der Waals surface area contributed by atoms with Gasteiger partial charge in [-0.3, -0.25) is 0 Å². The van der Waals surface area contributed by atoms with Crippen molar-refractivity contribution in [2.24, 2.45) is 0 Å². The van der Waals surface area contributed by atoms with Crippen LogP contribution in [-0.4, -0.2) is 41.5 Å². The number of carboxylic acids is 1. The third-order valence-electron chi connectivity index (χ3n) is 4.58. The largest absolute Gasteiger partial charge is 0.491 e. The van der Waals surface area contributed by atoms with Crippen molar-refractivity contribution in [1.82, 2.24) is 4.98 Å². The lowest BCUT2D eigenvalue weighted by atomic mass is 10.00. The van der Waals surface area contributed by atoms with Crippen LogP contribution < -0.4 is 9.47 Å². The third kappa shape index (κ3) is 5.42. The summed E-state index contributed by atoms with van der Waals surface area (Å²) in [4.78, 5) is 19.2. The average Bonchev–Trinajstić information content (AvgIpc) is 2.85. The van der Waals surface area contributed by atoms with Crippen molar-refractivity contribution < 1.29 is 24.5 Å². The predicted molar refractivity (Wildman–Crippen MR) is 123 cm³/mol. The molecule has 0 saturated carbocycles. The molecule has 0 spiro atoms. The Morgan fingerprint density at radius 1 is 1.27 bits per heavy atom. The molecule has 3 rings (SSSR count). The predicted octanol–water partition coefficient (Wildman–Crippen LogP) is 4.54. The minimum Gasteiger partial charge on any atom is -0.491 e. The van der Waals surface area contributed by atoms with Gasteiger partial charge in [0, 0.05) is 11.3 Å². The number of aromatic carboxylic acids is 1. The van der Waals surface area contributed by atoms with Crippen LogP contribution in [0.2, 0.25) is 0 Å². The Morgan fingerprint density at radius 2 is 2.03 bits per heavy atom. The van der Waals surface area contributed by atoms with Crippen molar-refractivity contribution in [3.63, 3.8) is 0 Å². The van der Waals surface area contributed by atoms with E-state index in [9.17, 15) is 15.2 Å². The Bertz CT molecular complexity index is 1250. The molecule has 2 aromatic carbocycles. The highest BCUT2D eigenvalue weighted by Crippen LogP contribution is 2.44. The number of hydrogen-bond acceptors (Lipinski definition) is 7. The van der Waals surface area contributed by atoms with Crippen LogP contribution in [0.4, 0.5) is 5.69 Å². The maximum atomic E-state index is 11.2. The summed E-state index contributed by atoms with van der Waals surface area (Å²) >= 11 is 1.26. The van der Waals surface area contributed by atoms with E-state index in [0.717, 1.165) is 5.56 Å². The summed E-state index contributed by atoms with van der Waals surface area (Å²) in [7, 11) is 1.41. The molecule has 0 amide bonds. The van der Waals surface area contributed by atoms with Crippen LogP contribution in [0, 0.1) is 17.9 Å². The van der Waals surface area contributed by atoms with E-state index < -0.39 is 5.97 Å². The van der Waals surface area contributed by atoms with Gasteiger partial charge in [-0.15, -0.1) is 11.8 Å². The highest BCUT2D eigenvalue weighted by Gasteiger charge is 2.22. The fourth-order valence-corrected chi connectivity index (χ4v) is 4.02. The van der Waals surface area contributed by atoms with Gasteiger partial charge in [0.15, 0.2) is 0 Å². The van der Waals surface area contributed by atoms with E-state index in [0.29, 0.717) is 27.7 Å². The number of aromatic nitrogens is 1. The van der Waals surface area contributed by atoms with Crippen molar-refractivity contribution in [1.29, 1.82) is 5.26 Å². The number of carbonyl (C=O) groups is 1. The molecule has 0 atom stereocenters. The molecule has 33 heavy (non-hydrogen) atoms. The van der Waals surface area contributed by atoms with Gasteiger partial charge in [0.1, 0.15) is 23.5 Å². The number of thioether (sulfide) groups is 1. The SMILES string of the molecule is [C-]#[N+]c1c(OC)nc(SCc2cccc(C(=O)O)c2)c(C#N)c1-c1ccc(OCCO)cc1. The molecular weight excluding hydrogens is 442 g/mol. The lowest BCUT2D eigenvalue weighted by molar-refractivity contribution is 0.0696. The number of methoxy groups -OCH3 is 1. The Kier molecular flexibility index (Phi) is 7.87. The molecule has 0 radical (unpaired) electrons. The third-order valence-corrected chi connectivity index (χ3v) is 5.62. The Morgan fingerprint density at radius 3 is 2.64 bits per heavy atom. The molecule has 0 unspecified atom stereocenters. The summed E-state index contributed by atoms with van der Waals surface area (Å²) in [6.45, 7) is 7.68.